The molecule has 0 spiro atoms. The van der Waals surface area contributed by atoms with Gasteiger partial charge in [-0.2, -0.15) is 0 Å². The molecule has 0 aliphatic heterocycles. The van der Waals surface area contributed by atoms with Crippen LogP contribution in [0, 0.1) is 0 Å². The Morgan fingerprint density at radius 1 is 1.13 bits per heavy atom. The second-order valence-corrected chi connectivity index (χ2v) is 4.20. The fourth-order valence-electron chi connectivity index (χ4n) is 2.16. The van der Waals surface area contributed by atoms with Crippen LogP contribution in [0.2, 0.25) is 0 Å². The van der Waals surface area contributed by atoms with E-state index in [2.05, 4.69) is 0 Å². The molecule has 2 heteroatoms. The zero-order valence-electron chi connectivity index (χ0n) is 8.28. The minimum atomic E-state index is -1.29. The van der Waals surface area contributed by atoms with Gasteiger partial charge in [-0.25, -0.2) is 4.39 Å². The third-order valence-corrected chi connectivity index (χ3v) is 3.18. The monoisotopic (exact) mass is 201 g/mol. The second-order valence-electron chi connectivity index (χ2n) is 4.20. The summed E-state index contributed by atoms with van der Waals surface area (Å²) in [4.78, 5) is 0. The SMILES string of the molecule is N[C@@H]1C[C@@]1(F)c1cccc2ccccc12. The number of nitrogens with two attached hydrogens (primary N) is 1. The second kappa shape index (κ2) is 2.80. The molecule has 2 aromatic rings. The number of halogens is 1. The summed E-state index contributed by atoms with van der Waals surface area (Å²) in [5, 5.41) is 2.06. The van der Waals surface area contributed by atoms with Crippen LogP contribution in [0.1, 0.15) is 12.0 Å². The first-order valence-electron chi connectivity index (χ1n) is 5.14. The Kier molecular flexibility index (Phi) is 1.65. The van der Waals surface area contributed by atoms with Gasteiger partial charge in [-0.05, 0) is 16.3 Å². The summed E-state index contributed by atoms with van der Waals surface area (Å²) in [5.41, 5.74) is 5.10. The smallest absolute Gasteiger partial charge is 0.153 e. The summed E-state index contributed by atoms with van der Waals surface area (Å²) < 4.78 is 14.2. The molecule has 0 amide bonds. The fourth-order valence-corrected chi connectivity index (χ4v) is 2.16. The van der Waals surface area contributed by atoms with Crippen molar-refractivity contribution in [3.8, 4) is 0 Å². The minimum Gasteiger partial charge on any atom is -0.325 e. The van der Waals surface area contributed by atoms with Gasteiger partial charge in [0.05, 0.1) is 0 Å². The van der Waals surface area contributed by atoms with Gasteiger partial charge in [0.15, 0.2) is 5.67 Å². The summed E-state index contributed by atoms with van der Waals surface area (Å²) in [6.45, 7) is 0. The Labute approximate surface area is 87.7 Å². The van der Waals surface area contributed by atoms with Gasteiger partial charge in [0.2, 0.25) is 0 Å². The molecule has 0 unspecified atom stereocenters. The number of rotatable bonds is 1. The van der Waals surface area contributed by atoms with E-state index in [-0.39, 0.29) is 6.04 Å². The third kappa shape index (κ3) is 1.18. The van der Waals surface area contributed by atoms with Crippen molar-refractivity contribution < 1.29 is 4.39 Å². The zero-order valence-corrected chi connectivity index (χ0v) is 8.28. The van der Waals surface area contributed by atoms with E-state index in [0.29, 0.717) is 6.42 Å². The van der Waals surface area contributed by atoms with Crippen LogP contribution in [-0.4, -0.2) is 6.04 Å². The van der Waals surface area contributed by atoms with Gasteiger partial charge in [-0.1, -0.05) is 42.5 Å². The zero-order chi connectivity index (χ0) is 10.5. The van der Waals surface area contributed by atoms with Gasteiger partial charge in [-0.3, -0.25) is 0 Å². The van der Waals surface area contributed by atoms with Crippen molar-refractivity contribution in [3.05, 3.63) is 48.0 Å². The molecule has 0 heterocycles. The average Bonchev–Trinajstić information content (AvgIpc) is 2.87. The molecule has 2 N–H and O–H groups in total. The highest BCUT2D eigenvalue weighted by atomic mass is 19.1. The largest absolute Gasteiger partial charge is 0.325 e. The van der Waals surface area contributed by atoms with Gasteiger partial charge in [-0.15, -0.1) is 0 Å². The summed E-state index contributed by atoms with van der Waals surface area (Å²) in [5.74, 6) is 0. The van der Waals surface area contributed by atoms with Crippen LogP contribution in [-0.2, 0) is 5.67 Å². The highest BCUT2D eigenvalue weighted by Gasteiger charge is 2.55. The number of hydrogen-bond donors (Lipinski definition) is 1. The molecule has 1 nitrogen and oxygen atoms in total. The van der Waals surface area contributed by atoms with Crippen LogP contribution in [0.15, 0.2) is 42.5 Å². The predicted octanol–water partition coefficient (Wildman–Crippen LogP) is 2.74. The van der Waals surface area contributed by atoms with E-state index in [0.717, 1.165) is 16.3 Å². The Hall–Kier alpha value is -1.41. The van der Waals surface area contributed by atoms with Crippen LogP contribution >= 0.6 is 0 Å². The molecule has 0 radical (unpaired) electrons. The molecule has 3 rings (SSSR count). The Morgan fingerprint density at radius 2 is 1.80 bits per heavy atom. The van der Waals surface area contributed by atoms with Gasteiger partial charge in [0.25, 0.3) is 0 Å². The first-order valence-corrected chi connectivity index (χ1v) is 5.14. The van der Waals surface area contributed by atoms with E-state index in [4.69, 9.17) is 5.73 Å². The highest BCUT2D eigenvalue weighted by Crippen LogP contribution is 2.50. The van der Waals surface area contributed by atoms with Crippen molar-refractivity contribution in [2.45, 2.75) is 18.1 Å². The van der Waals surface area contributed by atoms with E-state index in [1.54, 1.807) is 0 Å². The molecule has 1 saturated carbocycles. The Bertz CT molecular complexity index is 517. The van der Waals surface area contributed by atoms with E-state index in [9.17, 15) is 4.39 Å². The van der Waals surface area contributed by atoms with Crippen LogP contribution < -0.4 is 5.73 Å². The first-order chi connectivity index (χ1) is 7.22. The summed E-state index contributed by atoms with van der Waals surface area (Å²) in [6, 6.07) is 13.2. The predicted molar refractivity (Wildman–Crippen MR) is 59.3 cm³/mol. The molecular formula is C13H12FN. The average molecular weight is 201 g/mol. The molecule has 0 saturated heterocycles. The van der Waals surface area contributed by atoms with E-state index in [1.165, 1.54) is 0 Å². The highest BCUT2D eigenvalue weighted by molar-refractivity contribution is 5.87. The lowest BCUT2D eigenvalue weighted by Crippen LogP contribution is -2.13. The third-order valence-electron chi connectivity index (χ3n) is 3.18. The lowest BCUT2D eigenvalue weighted by Gasteiger charge is -2.10. The van der Waals surface area contributed by atoms with Gasteiger partial charge < -0.3 is 5.73 Å². The van der Waals surface area contributed by atoms with E-state index >= 15 is 0 Å². The van der Waals surface area contributed by atoms with Gasteiger partial charge in [0, 0.05) is 12.5 Å². The molecule has 1 fully saturated rings. The summed E-state index contributed by atoms with van der Waals surface area (Å²) in [6.07, 6.45) is 0.445. The first kappa shape index (κ1) is 8.86. The molecule has 2 aromatic carbocycles. The van der Waals surface area contributed by atoms with Crippen molar-refractivity contribution in [1.82, 2.24) is 0 Å². The van der Waals surface area contributed by atoms with Crippen molar-refractivity contribution in [1.29, 1.82) is 0 Å². The molecule has 1 aliphatic rings. The van der Waals surface area contributed by atoms with Crippen molar-refractivity contribution in [3.63, 3.8) is 0 Å². The van der Waals surface area contributed by atoms with Crippen LogP contribution in [0.5, 0.6) is 0 Å². The molecule has 0 bridgehead atoms. The lowest BCUT2D eigenvalue weighted by molar-refractivity contribution is 0.308. The maximum Gasteiger partial charge on any atom is 0.153 e. The van der Waals surface area contributed by atoms with E-state index in [1.807, 2.05) is 42.5 Å². The molecule has 2 atom stereocenters. The Morgan fingerprint density at radius 3 is 2.53 bits per heavy atom. The topological polar surface area (TPSA) is 26.0 Å². The molecule has 76 valence electrons. The molecular weight excluding hydrogens is 189 g/mol. The van der Waals surface area contributed by atoms with E-state index < -0.39 is 5.67 Å². The molecule has 0 aromatic heterocycles. The summed E-state index contributed by atoms with van der Waals surface area (Å²) >= 11 is 0. The maximum atomic E-state index is 14.2. The number of fused-ring (bicyclic) bond motifs is 1. The van der Waals surface area contributed by atoms with Gasteiger partial charge in [0.1, 0.15) is 0 Å². The van der Waals surface area contributed by atoms with Crippen molar-refractivity contribution in [2.75, 3.05) is 0 Å². The van der Waals surface area contributed by atoms with Crippen LogP contribution in [0.4, 0.5) is 4.39 Å². The number of benzene rings is 2. The number of alkyl halides is 1. The number of hydrogen-bond acceptors (Lipinski definition) is 1. The van der Waals surface area contributed by atoms with Crippen molar-refractivity contribution in [2.24, 2.45) is 5.73 Å². The van der Waals surface area contributed by atoms with Gasteiger partial charge >= 0.3 is 0 Å². The molecule has 1 aliphatic carbocycles. The van der Waals surface area contributed by atoms with Crippen LogP contribution in [0.25, 0.3) is 10.8 Å². The maximum absolute atomic E-state index is 14.2. The lowest BCUT2D eigenvalue weighted by atomic mass is 9.99. The van der Waals surface area contributed by atoms with Crippen LogP contribution in [0.3, 0.4) is 0 Å². The minimum absolute atomic E-state index is 0.330. The molecule has 15 heavy (non-hydrogen) atoms. The van der Waals surface area contributed by atoms with Crippen molar-refractivity contribution >= 4 is 10.8 Å². The Balaban J connectivity index is 2.27. The summed E-state index contributed by atoms with van der Waals surface area (Å²) in [7, 11) is 0. The quantitative estimate of drug-likeness (QED) is 0.754. The standard InChI is InChI=1S/C13H12FN/c14-13(8-12(13)15)11-7-3-5-9-4-1-2-6-10(9)11/h1-7,12H,8,15H2/t12-,13-/m1/s1. The fraction of sp³-hybridized carbons (Fsp3) is 0.231. The normalized spacial score (nSPS) is 29.3.